The van der Waals surface area contributed by atoms with E-state index in [-0.39, 0.29) is 5.78 Å². The molecule has 0 aliphatic carbocycles. The van der Waals surface area contributed by atoms with Gasteiger partial charge in [-0.3, -0.25) is 4.90 Å². The number of carbonyl (C=O) groups excluding carboxylic acids is 1. The molecule has 106 valence electrons. The quantitative estimate of drug-likeness (QED) is 0.686. The lowest BCUT2D eigenvalue weighted by atomic mass is 10.2. The topological polar surface area (TPSA) is 23.6 Å². The van der Waals surface area contributed by atoms with Crippen molar-refractivity contribution in [2.75, 3.05) is 39.3 Å². The van der Waals surface area contributed by atoms with Gasteiger partial charge in [0.2, 0.25) is 0 Å². The van der Waals surface area contributed by atoms with Crippen LogP contribution in [0.5, 0.6) is 0 Å². The Morgan fingerprint density at radius 3 is 2.11 bits per heavy atom. The second-order valence-corrected chi connectivity index (χ2v) is 4.89. The molecule has 0 aromatic carbocycles. The van der Waals surface area contributed by atoms with Gasteiger partial charge < -0.3 is 9.69 Å². The summed E-state index contributed by atoms with van der Waals surface area (Å²) in [6, 6.07) is 0. The van der Waals surface area contributed by atoms with Gasteiger partial charge in [-0.2, -0.15) is 13.2 Å². The maximum atomic E-state index is 12.2. The summed E-state index contributed by atoms with van der Waals surface area (Å²) in [7, 11) is 0. The molecule has 6 heteroatoms. The van der Waals surface area contributed by atoms with Crippen LogP contribution in [-0.4, -0.2) is 61.0 Å². The van der Waals surface area contributed by atoms with Gasteiger partial charge in [0.25, 0.3) is 0 Å². The summed E-state index contributed by atoms with van der Waals surface area (Å²) in [4.78, 5) is 14.4. The monoisotopic (exact) mass is 266 g/mol. The summed E-state index contributed by atoms with van der Waals surface area (Å²) in [6.07, 6.45) is -1.67. The average Bonchev–Trinajstić information content (AvgIpc) is 2.24. The van der Waals surface area contributed by atoms with E-state index in [1.165, 1.54) is 4.90 Å². The molecule has 0 aromatic heterocycles. The van der Waals surface area contributed by atoms with E-state index < -0.39 is 12.7 Å². The van der Waals surface area contributed by atoms with Crippen LogP contribution >= 0.6 is 0 Å². The Morgan fingerprint density at radius 1 is 1.06 bits per heavy atom. The van der Waals surface area contributed by atoms with Crippen LogP contribution in [0.3, 0.4) is 0 Å². The molecule has 1 fully saturated rings. The summed E-state index contributed by atoms with van der Waals surface area (Å²) in [5, 5.41) is 0. The number of hydrogen-bond donors (Lipinski definition) is 0. The molecule has 0 spiro atoms. The van der Waals surface area contributed by atoms with Gasteiger partial charge in [-0.15, -0.1) is 0 Å². The molecule has 0 N–H and O–H groups in total. The Morgan fingerprint density at radius 2 is 1.61 bits per heavy atom. The molecule has 3 nitrogen and oxygen atoms in total. The van der Waals surface area contributed by atoms with Gasteiger partial charge >= 0.3 is 6.18 Å². The summed E-state index contributed by atoms with van der Waals surface area (Å²) >= 11 is 0. The molecule has 1 aliphatic rings. The van der Waals surface area contributed by atoms with Crippen molar-refractivity contribution in [2.45, 2.75) is 32.4 Å². The molecule has 1 aliphatic heterocycles. The van der Waals surface area contributed by atoms with Crippen molar-refractivity contribution in [1.29, 1.82) is 0 Å². The van der Waals surface area contributed by atoms with E-state index in [0.29, 0.717) is 32.6 Å². The standard InChI is InChI=1S/C12H21F3N2O/c1-11(18)4-2-3-5-16-6-8-17(9-7-16)10-12(13,14)15/h2-10H2,1H3. The fourth-order valence-electron chi connectivity index (χ4n) is 2.13. The molecule has 0 unspecified atom stereocenters. The van der Waals surface area contributed by atoms with E-state index in [9.17, 15) is 18.0 Å². The molecule has 0 amide bonds. The minimum Gasteiger partial charge on any atom is -0.301 e. The number of unbranched alkanes of at least 4 members (excludes halogenated alkanes) is 1. The van der Waals surface area contributed by atoms with E-state index in [2.05, 4.69) is 4.90 Å². The van der Waals surface area contributed by atoms with Crippen LogP contribution in [0.15, 0.2) is 0 Å². The number of hydrogen-bond acceptors (Lipinski definition) is 3. The highest BCUT2D eigenvalue weighted by Gasteiger charge is 2.31. The van der Waals surface area contributed by atoms with Gasteiger partial charge in [0, 0.05) is 32.6 Å². The molecule has 18 heavy (non-hydrogen) atoms. The fraction of sp³-hybridized carbons (Fsp3) is 0.917. The summed E-state index contributed by atoms with van der Waals surface area (Å²) in [6.45, 7) is 4.00. The Balaban J connectivity index is 2.10. The molecule has 0 bridgehead atoms. The van der Waals surface area contributed by atoms with Crippen molar-refractivity contribution in [3.05, 3.63) is 0 Å². The van der Waals surface area contributed by atoms with Crippen molar-refractivity contribution in [2.24, 2.45) is 0 Å². The first-order chi connectivity index (χ1) is 8.37. The van der Waals surface area contributed by atoms with Gasteiger partial charge in [-0.25, -0.2) is 0 Å². The lowest BCUT2D eigenvalue weighted by Gasteiger charge is -2.34. The second kappa shape index (κ2) is 7.09. The number of halogens is 3. The Hall–Kier alpha value is -0.620. The van der Waals surface area contributed by atoms with Gasteiger partial charge in [-0.1, -0.05) is 0 Å². The smallest absolute Gasteiger partial charge is 0.301 e. The van der Waals surface area contributed by atoms with Crippen LogP contribution in [0.1, 0.15) is 26.2 Å². The van der Waals surface area contributed by atoms with Gasteiger partial charge in [0.05, 0.1) is 6.54 Å². The van der Waals surface area contributed by atoms with E-state index >= 15 is 0 Å². The van der Waals surface area contributed by atoms with Crippen LogP contribution in [0.2, 0.25) is 0 Å². The lowest BCUT2D eigenvalue weighted by Crippen LogP contribution is -2.49. The molecular formula is C12H21F3N2O. The lowest BCUT2D eigenvalue weighted by molar-refractivity contribution is -0.149. The maximum absolute atomic E-state index is 12.2. The third-order valence-electron chi connectivity index (χ3n) is 3.12. The maximum Gasteiger partial charge on any atom is 0.401 e. The number of rotatable bonds is 6. The van der Waals surface area contributed by atoms with Crippen LogP contribution in [-0.2, 0) is 4.79 Å². The first-order valence-corrected chi connectivity index (χ1v) is 6.38. The van der Waals surface area contributed by atoms with Crippen molar-refractivity contribution in [1.82, 2.24) is 9.80 Å². The Kier molecular flexibility index (Phi) is 6.08. The highest BCUT2D eigenvalue weighted by atomic mass is 19.4. The normalized spacial score (nSPS) is 19.1. The SMILES string of the molecule is CC(=O)CCCCN1CCN(CC(F)(F)F)CC1. The Labute approximate surface area is 106 Å². The third-order valence-corrected chi connectivity index (χ3v) is 3.12. The second-order valence-electron chi connectivity index (χ2n) is 4.89. The number of Topliss-reactive ketones (excluding diaryl/α,β-unsaturated/α-hetero) is 1. The van der Waals surface area contributed by atoms with Crippen LogP contribution < -0.4 is 0 Å². The average molecular weight is 266 g/mol. The highest BCUT2D eigenvalue weighted by Crippen LogP contribution is 2.17. The van der Waals surface area contributed by atoms with Gasteiger partial charge in [0.15, 0.2) is 0 Å². The first kappa shape index (κ1) is 15.4. The van der Waals surface area contributed by atoms with Crippen molar-refractivity contribution in [3.8, 4) is 0 Å². The van der Waals surface area contributed by atoms with Crippen molar-refractivity contribution >= 4 is 5.78 Å². The predicted octanol–water partition coefficient (Wildman–Crippen LogP) is 1.93. The summed E-state index contributed by atoms with van der Waals surface area (Å²) < 4.78 is 36.5. The van der Waals surface area contributed by atoms with Crippen LogP contribution in [0, 0.1) is 0 Å². The van der Waals surface area contributed by atoms with E-state index in [1.54, 1.807) is 6.92 Å². The number of alkyl halides is 3. The third kappa shape index (κ3) is 6.96. The predicted molar refractivity (Wildman–Crippen MR) is 63.5 cm³/mol. The largest absolute Gasteiger partial charge is 0.401 e. The minimum absolute atomic E-state index is 0.199. The van der Waals surface area contributed by atoms with Gasteiger partial charge in [-0.05, 0) is 26.3 Å². The zero-order valence-corrected chi connectivity index (χ0v) is 10.8. The molecule has 0 saturated carbocycles. The first-order valence-electron chi connectivity index (χ1n) is 6.38. The van der Waals surface area contributed by atoms with E-state index in [0.717, 1.165) is 19.4 Å². The molecule has 0 aromatic rings. The van der Waals surface area contributed by atoms with Crippen LogP contribution in [0.4, 0.5) is 13.2 Å². The van der Waals surface area contributed by atoms with Crippen molar-refractivity contribution in [3.63, 3.8) is 0 Å². The summed E-state index contributed by atoms with van der Waals surface area (Å²) in [5.41, 5.74) is 0. The minimum atomic E-state index is -4.09. The summed E-state index contributed by atoms with van der Waals surface area (Å²) in [5.74, 6) is 0.199. The zero-order valence-electron chi connectivity index (χ0n) is 10.8. The molecular weight excluding hydrogens is 245 g/mol. The zero-order chi connectivity index (χ0) is 13.6. The number of piperazine rings is 1. The van der Waals surface area contributed by atoms with Crippen LogP contribution in [0.25, 0.3) is 0 Å². The van der Waals surface area contributed by atoms with E-state index in [4.69, 9.17) is 0 Å². The highest BCUT2D eigenvalue weighted by molar-refractivity contribution is 5.75. The molecule has 1 rings (SSSR count). The van der Waals surface area contributed by atoms with E-state index in [1.807, 2.05) is 0 Å². The molecule has 1 saturated heterocycles. The number of ketones is 1. The number of nitrogens with zero attached hydrogens (tertiary/aromatic N) is 2. The molecule has 0 radical (unpaired) electrons. The fourth-order valence-corrected chi connectivity index (χ4v) is 2.13. The van der Waals surface area contributed by atoms with Gasteiger partial charge in [0.1, 0.15) is 5.78 Å². The Bertz CT molecular complexity index is 261. The van der Waals surface area contributed by atoms with Crippen molar-refractivity contribution < 1.29 is 18.0 Å². The molecule has 0 atom stereocenters. The number of carbonyl (C=O) groups is 1. The molecule has 1 heterocycles.